The number of hydrogen-bond acceptors (Lipinski definition) is 2. The van der Waals surface area contributed by atoms with Crippen molar-refractivity contribution in [3.8, 4) is 0 Å². The third-order valence-electron chi connectivity index (χ3n) is 1.88. The van der Waals surface area contributed by atoms with Gasteiger partial charge in [-0.15, -0.1) is 0 Å². The van der Waals surface area contributed by atoms with E-state index in [1.807, 2.05) is 0 Å². The second kappa shape index (κ2) is 7.12. The van der Waals surface area contributed by atoms with Crippen LogP contribution in [0, 0.1) is 0 Å². The molecule has 0 radical (unpaired) electrons. The lowest BCUT2D eigenvalue weighted by Crippen LogP contribution is -1.96. The third kappa shape index (κ3) is 7.34. The van der Waals surface area contributed by atoms with Crippen LogP contribution in [-0.4, -0.2) is 22.2 Å². The number of carboxylic acid groups (broad SMARTS) is 2. The van der Waals surface area contributed by atoms with Crippen molar-refractivity contribution in [2.45, 2.75) is 39.0 Å². The van der Waals surface area contributed by atoms with Gasteiger partial charge in [0.2, 0.25) is 0 Å². The molecule has 4 heteroatoms. The minimum absolute atomic E-state index is 0.196. The first kappa shape index (κ1) is 12.7. The summed E-state index contributed by atoms with van der Waals surface area (Å²) in [4.78, 5) is 20.5. The molecule has 80 valence electrons. The van der Waals surface area contributed by atoms with Gasteiger partial charge in [-0.25, -0.2) is 4.79 Å². The standard InChI is InChI=1S/C10H16O4/c1-8(10(13)14)6-4-2-3-5-7-9(11)12/h6H,2-5,7H2,1H3,(H,11,12)(H,13,14)/b8-6+. The second-order valence-electron chi connectivity index (χ2n) is 3.19. The molecule has 0 saturated heterocycles. The molecule has 0 heterocycles. The summed E-state index contributed by atoms with van der Waals surface area (Å²) in [6.45, 7) is 1.56. The van der Waals surface area contributed by atoms with E-state index in [-0.39, 0.29) is 6.42 Å². The summed E-state index contributed by atoms with van der Waals surface area (Å²) in [5.74, 6) is -1.67. The molecule has 4 nitrogen and oxygen atoms in total. The summed E-state index contributed by atoms with van der Waals surface area (Å²) in [5.41, 5.74) is 0.350. The van der Waals surface area contributed by atoms with Crippen LogP contribution in [0.3, 0.4) is 0 Å². The zero-order chi connectivity index (χ0) is 11.0. The van der Waals surface area contributed by atoms with E-state index >= 15 is 0 Å². The van der Waals surface area contributed by atoms with Crippen LogP contribution in [-0.2, 0) is 9.59 Å². The zero-order valence-corrected chi connectivity index (χ0v) is 8.32. The molecule has 0 rings (SSSR count). The Balaban J connectivity index is 3.42. The lowest BCUT2D eigenvalue weighted by molar-refractivity contribution is -0.137. The minimum Gasteiger partial charge on any atom is -0.481 e. The normalized spacial score (nSPS) is 11.4. The second-order valence-corrected chi connectivity index (χ2v) is 3.19. The van der Waals surface area contributed by atoms with Gasteiger partial charge in [-0.2, -0.15) is 0 Å². The van der Waals surface area contributed by atoms with Gasteiger partial charge in [0.05, 0.1) is 0 Å². The smallest absolute Gasteiger partial charge is 0.330 e. The molecule has 0 spiro atoms. The van der Waals surface area contributed by atoms with Gasteiger partial charge in [-0.05, 0) is 26.2 Å². The average Bonchev–Trinajstić information content (AvgIpc) is 2.09. The number of carboxylic acids is 2. The van der Waals surface area contributed by atoms with Crippen molar-refractivity contribution >= 4 is 11.9 Å². The van der Waals surface area contributed by atoms with E-state index in [4.69, 9.17) is 10.2 Å². The Morgan fingerprint density at radius 1 is 1.14 bits per heavy atom. The quantitative estimate of drug-likeness (QED) is 0.487. The summed E-state index contributed by atoms with van der Waals surface area (Å²) in [6, 6.07) is 0. The van der Waals surface area contributed by atoms with E-state index in [0.29, 0.717) is 18.4 Å². The Morgan fingerprint density at radius 2 is 1.79 bits per heavy atom. The van der Waals surface area contributed by atoms with Crippen molar-refractivity contribution in [1.82, 2.24) is 0 Å². The van der Waals surface area contributed by atoms with Crippen LogP contribution in [0.15, 0.2) is 11.6 Å². The fraction of sp³-hybridized carbons (Fsp3) is 0.600. The molecule has 14 heavy (non-hydrogen) atoms. The number of hydrogen-bond donors (Lipinski definition) is 2. The molecule has 0 aliphatic heterocycles. The largest absolute Gasteiger partial charge is 0.481 e. The van der Waals surface area contributed by atoms with Crippen molar-refractivity contribution in [3.05, 3.63) is 11.6 Å². The number of aliphatic carboxylic acids is 2. The molecule has 0 atom stereocenters. The molecule has 0 bridgehead atoms. The van der Waals surface area contributed by atoms with E-state index < -0.39 is 11.9 Å². The third-order valence-corrected chi connectivity index (χ3v) is 1.88. The molecule has 0 aromatic carbocycles. The summed E-state index contributed by atoms with van der Waals surface area (Å²) in [6.07, 6.45) is 4.91. The minimum atomic E-state index is -0.893. The van der Waals surface area contributed by atoms with Gasteiger partial charge < -0.3 is 10.2 Å². The Bertz CT molecular complexity index is 230. The Morgan fingerprint density at radius 3 is 2.29 bits per heavy atom. The van der Waals surface area contributed by atoms with Crippen LogP contribution in [0.2, 0.25) is 0 Å². The fourth-order valence-electron chi connectivity index (χ4n) is 1.00. The predicted molar refractivity (Wildman–Crippen MR) is 52.1 cm³/mol. The molecule has 0 saturated carbocycles. The highest BCUT2D eigenvalue weighted by molar-refractivity contribution is 5.85. The maximum absolute atomic E-state index is 10.4. The summed E-state index contributed by atoms with van der Waals surface area (Å²) in [5, 5.41) is 16.9. The lowest BCUT2D eigenvalue weighted by Gasteiger charge is -1.96. The first-order chi connectivity index (χ1) is 6.54. The number of rotatable bonds is 7. The maximum Gasteiger partial charge on any atom is 0.330 e. The van der Waals surface area contributed by atoms with Crippen molar-refractivity contribution in [2.24, 2.45) is 0 Å². The van der Waals surface area contributed by atoms with Gasteiger partial charge in [0.1, 0.15) is 0 Å². The molecule has 0 aromatic heterocycles. The van der Waals surface area contributed by atoms with Crippen LogP contribution >= 0.6 is 0 Å². The predicted octanol–water partition coefficient (Wildman–Crippen LogP) is 2.05. The SMILES string of the molecule is C/C(=C\CCCCCC(=O)O)C(=O)O. The van der Waals surface area contributed by atoms with Crippen molar-refractivity contribution in [1.29, 1.82) is 0 Å². The lowest BCUT2D eigenvalue weighted by atomic mass is 10.1. The van der Waals surface area contributed by atoms with Crippen molar-refractivity contribution < 1.29 is 19.8 Å². The molecule has 0 fully saturated rings. The molecule has 0 aromatic rings. The highest BCUT2D eigenvalue weighted by Gasteiger charge is 1.98. The van der Waals surface area contributed by atoms with E-state index in [1.165, 1.54) is 0 Å². The van der Waals surface area contributed by atoms with Gasteiger partial charge >= 0.3 is 11.9 Å². The number of allylic oxidation sites excluding steroid dienone is 1. The first-order valence-electron chi connectivity index (χ1n) is 4.66. The summed E-state index contributed by atoms with van der Waals surface area (Å²) >= 11 is 0. The Hall–Kier alpha value is -1.32. The highest BCUT2D eigenvalue weighted by Crippen LogP contribution is 2.05. The maximum atomic E-state index is 10.4. The Kier molecular flexibility index (Phi) is 6.45. The molecule has 0 amide bonds. The van der Waals surface area contributed by atoms with E-state index in [2.05, 4.69) is 0 Å². The molecule has 0 aliphatic carbocycles. The zero-order valence-electron chi connectivity index (χ0n) is 8.32. The topological polar surface area (TPSA) is 74.6 Å². The van der Waals surface area contributed by atoms with Gasteiger partial charge in [-0.1, -0.05) is 12.5 Å². The number of unbranched alkanes of at least 4 members (excludes halogenated alkanes) is 3. The monoisotopic (exact) mass is 200 g/mol. The van der Waals surface area contributed by atoms with Crippen molar-refractivity contribution in [2.75, 3.05) is 0 Å². The van der Waals surface area contributed by atoms with Crippen molar-refractivity contribution in [3.63, 3.8) is 0 Å². The van der Waals surface area contributed by atoms with Gasteiger partial charge in [0.25, 0.3) is 0 Å². The summed E-state index contributed by atoms with van der Waals surface area (Å²) in [7, 11) is 0. The van der Waals surface area contributed by atoms with Gasteiger partial charge in [-0.3, -0.25) is 4.79 Å². The van der Waals surface area contributed by atoms with Crippen LogP contribution in [0.5, 0.6) is 0 Å². The van der Waals surface area contributed by atoms with E-state index in [1.54, 1.807) is 13.0 Å². The van der Waals surface area contributed by atoms with E-state index in [0.717, 1.165) is 12.8 Å². The van der Waals surface area contributed by atoms with Crippen LogP contribution < -0.4 is 0 Å². The van der Waals surface area contributed by atoms with Gasteiger partial charge in [0, 0.05) is 12.0 Å². The molecular weight excluding hydrogens is 184 g/mol. The molecular formula is C10H16O4. The highest BCUT2D eigenvalue weighted by atomic mass is 16.4. The van der Waals surface area contributed by atoms with Gasteiger partial charge in [0.15, 0.2) is 0 Å². The Labute approximate surface area is 83.2 Å². The first-order valence-corrected chi connectivity index (χ1v) is 4.66. The average molecular weight is 200 g/mol. The molecule has 0 unspecified atom stereocenters. The van der Waals surface area contributed by atoms with Crippen LogP contribution in [0.1, 0.15) is 39.0 Å². The fourth-order valence-corrected chi connectivity index (χ4v) is 1.00. The molecule has 2 N–H and O–H groups in total. The van der Waals surface area contributed by atoms with Crippen LogP contribution in [0.25, 0.3) is 0 Å². The molecule has 0 aliphatic rings. The number of carbonyl (C=O) groups is 2. The van der Waals surface area contributed by atoms with E-state index in [9.17, 15) is 9.59 Å². The van der Waals surface area contributed by atoms with Crippen LogP contribution in [0.4, 0.5) is 0 Å². The summed E-state index contributed by atoms with van der Waals surface area (Å²) < 4.78 is 0.